The Hall–Kier alpha value is -1.19. The van der Waals surface area contributed by atoms with Gasteiger partial charge in [0.05, 0.1) is 6.04 Å². The van der Waals surface area contributed by atoms with Gasteiger partial charge in [-0.3, -0.25) is 0 Å². The Kier molecular flexibility index (Phi) is 6.37. The Bertz CT molecular complexity index is 393. The fourth-order valence-corrected chi connectivity index (χ4v) is 1.57. The van der Waals surface area contributed by atoms with Crippen LogP contribution in [0.4, 0.5) is 13.2 Å². The van der Waals surface area contributed by atoms with Crippen LogP contribution in [-0.2, 0) is 11.3 Å². The monoisotopic (exact) mass is 296 g/mol. The molecule has 0 aromatic carbocycles. The number of hydrogen-bond donors (Lipinski definition) is 1. The van der Waals surface area contributed by atoms with E-state index in [2.05, 4.69) is 19.8 Å². The van der Waals surface area contributed by atoms with E-state index in [0.717, 1.165) is 13.1 Å². The van der Waals surface area contributed by atoms with Crippen molar-refractivity contribution in [1.29, 1.82) is 0 Å². The van der Waals surface area contributed by atoms with Crippen molar-refractivity contribution in [3.8, 4) is 0 Å². The Morgan fingerprint density at radius 2 is 2.00 bits per heavy atom. The Morgan fingerprint density at radius 3 is 2.55 bits per heavy atom. The quantitative estimate of drug-likeness (QED) is 0.783. The summed E-state index contributed by atoms with van der Waals surface area (Å²) < 4.78 is 44.9. The van der Waals surface area contributed by atoms with Crippen LogP contribution < -0.4 is 5.73 Å². The lowest BCUT2D eigenvalue weighted by atomic mass is 10.2. The van der Waals surface area contributed by atoms with Gasteiger partial charge < -0.3 is 19.9 Å². The molecule has 0 aliphatic heterocycles. The lowest BCUT2D eigenvalue weighted by molar-refractivity contribution is -0.178. The van der Waals surface area contributed by atoms with Crippen LogP contribution in [0.15, 0.2) is 4.52 Å². The van der Waals surface area contributed by atoms with Crippen LogP contribution in [0.2, 0.25) is 0 Å². The topological polar surface area (TPSA) is 77.4 Å². The average Bonchev–Trinajstić information content (AvgIpc) is 2.83. The number of nitrogens with two attached hydrogens (primary N) is 1. The molecule has 1 unspecified atom stereocenters. The minimum Gasteiger partial charge on any atom is -0.362 e. The highest BCUT2D eigenvalue weighted by Crippen LogP contribution is 2.15. The fraction of sp³-hybridized carbons (Fsp3) is 0.818. The van der Waals surface area contributed by atoms with Gasteiger partial charge in [-0.25, -0.2) is 0 Å². The summed E-state index contributed by atoms with van der Waals surface area (Å²) in [5.41, 5.74) is 5.91. The number of alkyl halides is 3. The fourth-order valence-electron chi connectivity index (χ4n) is 1.57. The largest absolute Gasteiger partial charge is 0.411 e. The molecule has 0 amide bonds. The van der Waals surface area contributed by atoms with Crippen molar-refractivity contribution >= 4 is 0 Å². The number of nitrogens with zero attached hydrogens (tertiary/aromatic N) is 3. The molecular weight excluding hydrogens is 277 g/mol. The molecule has 2 N–H and O–H groups in total. The Balaban J connectivity index is 2.46. The maximum atomic E-state index is 11.9. The molecule has 0 spiro atoms. The maximum Gasteiger partial charge on any atom is 0.411 e. The van der Waals surface area contributed by atoms with Crippen molar-refractivity contribution in [3.05, 3.63) is 11.7 Å². The minimum atomic E-state index is -4.37. The molecule has 1 heterocycles. The molecule has 0 saturated heterocycles. The van der Waals surface area contributed by atoms with Gasteiger partial charge in [-0.05, 0) is 13.1 Å². The molecule has 0 aliphatic carbocycles. The summed E-state index contributed by atoms with van der Waals surface area (Å²) in [6, 6.07) is -0.449. The molecule has 0 saturated carbocycles. The SMILES string of the molecule is CCN(CC)CC(N)c1noc(COCC(F)(F)F)n1. The molecular formula is C11H19F3N4O2. The predicted octanol–water partition coefficient (Wildman–Crippen LogP) is 1.49. The van der Waals surface area contributed by atoms with E-state index in [-0.39, 0.29) is 18.3 Å². The second-order valence-corrected chi connectivity index (χ2v) is 4.25. The Morgan fingerprint density at radius 1 is 1.35 bits per heavy atom. The number of aromatic nitrogens is 2. The van der Waals surface area contributed by atoms with Crippen LogP contribution in [0.25, 0.3) is 0 Å². The van der Waals surface area contributed by atoms with Gasteiger partial charge in [0, 0.05) is 6.54 Å². The van der Waals surface area contributed by atoms with Crippen molar-refractivity contribution in [2.45, 2.75) is 32.7 Å². The smallest absolute Gasteiger partial charge is 0.362 e. The standard InChI is InChI=1S/C11H19F3N4O2/c1-3-18(4-2)5-8(15)10-16-9(20-17-10)6-19-7-11(12,13)14/h8H,3-7,15H2,1-2H3. The number of halogens is 3. The summed E-state index contributed by atoms with van der Waals surface area (Å²) in [4.78, 5) is 6.01. The number of rotatable bonds is 8. The zero-order valence-electron chi connectivity index (χ0n) is 11.5. The van der Waals surface area contributed by atoms with Gasteiger partial charge in [0.15, 0.2) is 5.82 Å². The van der Waals surface area contributed by atoms with E-state index >= 15 is 0 Å². The third kappa shape index (κ3) is 5.85. The first kappa shape index (κ1) is 16.9. The van der Waals surface area contributed by atoms with Crippen molar-refractivity contribution in [2.75, 3.05) is 26.2 Å². The van der Waals surface area contributed by atoms with E-state index in [9.17, 15) is 13.2 Å². The molecule has 116 valence electrons. The van der Waals surface area contributed by atoms with Crippen molar-refractivity contribution < 1.29 is 22.4 Å². The van der Waals surface area contributed by atoms with Gasteiger partial charge in [0.1, 0.15) is 13.2 Å². The van der Waals surface area contributed by atoms with Crippen molar-refractivity contribution in [3.63, 3.8) is 0 Å². The first-order valence-corrected chi connectivity index (χ1v) is 6.30. The average molecular weight is 296 g/mol. The molecule has 0 fully saturated rings. The first-order valence-electron chi connectivity index (χ1n) is 6.30. The van der Waals surface area contributed by atoms with E-state index in [0.29, 0.717) is 6.54 Å². The summed E-state index contributed by atoms with van der Waals surface area (Å²) in [7, 11) is 0. The molecule has 9 heteroatoms. The molecule has 1 aromatic rings. The van der Waals surface area contributed by atoms with Gasteiger partial charge in [-0.2, -0.15) is 18.2 Å². The summed E-state index contributed by atoms with van der Waals surface area (Å²) in [5.74, 6) is 0.252. The molecule has 0 radical (unpaired) electrons. The van der Waals surface area contributed by atoms with Gasteiger partial charge in [0.25, 0.3) is 5.89 Å². The van der Waals surface area contributed by atoms with E-state index in [4.69, 9.17) is 10.3 Å². The van der Waals surface area contributed by atoms with Crippen molar-refractivity contribution in [1.82, 2.24) is 15.0 Å². The van der Waals surface area contributed by atoms with E-state index in [1.165, 1.54) is 0 Å². The molecule has 1 rings (SSSR count). The van der Waals surface area contributed by atoms with Gasteiger partial charge in [0.2, 0.25) is 0 Å². The zero-order chi connectivity index (χ0) is 15.2. The highest BCUT2D eigenvalue weighted by atomic mass is 19.4. The van der Waals surface area contributed by atoms with E-state index < -0.39 is 18.8 Å². The van der Waals surface area contributed by atoms with Gasteiger partial charge in [-0.1, -0.05) is 19.0 Å². The molecule has 1 atom stereocenters. The van der Waals surface area contributed by atoms with Gasteiger partial charge in [-0.15, -0.1) is 0 Å². The molecule has 20 heavy (non-hydrogen) atoms. The number of likely N-dealkylation sites (N-methyl/N-ethyl adjacent to an activating group) is 1. The van der Waals surface area contributed by atoms with E-state index in [1.807, 2.05) is 13.8 Å². The lowest BCUT2D eigenvalue weighted by Gasteiger charge is -2.20. The van der Waals surface area contributed by atoms with Crippen LogP contribution in [0.1, 0.15) is 31.6 Å². The lowest BCUT2D eigenvalue weighted by Crippen LogP contribution is -2.32. The number of hydrogen-bond acceptors (Lipinski definition) is 6. The third-order valence-electron chi connectivity index (χ3n) is 2.66. The molecule has 6 nitrogen and oxygen atoms in total. The summed E-state index contributed by atoms with van der Waals surface area (Å²) in [6.45, 7) is 4.50. The van der Waals surface area contributed by atoms with Crippen LogP contribution in [0.5, 0.6) is 0 Å². The number of ether oxygens (including phenoxy) is 1. The summed E-state index contributed by atoms with van der Waals surface area (Å²) in [5, 5.41) is 3.65. The second-order valence-electron chi connectivity index (χ2n) is 4.25. The summed E-state index contributed by atoms with van der Waals surface area (Å²) >= 11 is 0. The van der Waals surface area contributed by atoms with Crippen LogP contribution >= 0.6 is 0 Å². The van der Waals surface area contributed by atoms with Gasteiger partial charge >= 0.3 is 6.18 Å². The second kappa shape index (κ2) is 7.55. The molecule has 1 aromatic heterocycles. The predicted molar refractivity (Wildman–Crippen MR) is 64.7 cm³/mol. The van der Waals surface area contributed by atoms with Crippen LogP contribution in [-0.4, -0.2) is 47.5 Å². The normalized spacial score (nSPS) is 13.9. The molecule has 0 aliphatic rings. The van der Waals surface area contributed by atoms with Crippen LogP contribution in [0, 0.1) is 0 Å². The highest BCUT2D eigenvalue weighted by Gasteiger charge is 2.28. The summed E-state index contributed by atoms with van der Waals surface area (Å²) in [6.07, 6.45) is -4.37. The minimum absolute atomic E-state index is 0.0146. The third-order valence-corrected chi connectivity index (χ3v) is 2.66. The zero-order valence-corrected chi connectivity index (χ0v) is 11.5. The maximum absolute atomic E-state index is 11.9. The van der Waals surface area contributed by atoms with E-state index in [1.54, 1.807) is 0 Å². The highest BCUT2D eigenvalue weighted by molar-refractivity contribution is 4.93. The molecule has 0 bridgehead atoms. The van der Waals surface area contributed by atoms with Crippen LogP contribution in [0.3, 0.4) is 0 Å². The Labute approximate surface area is 115 Å². The first-order chi connectivity index (χ1) is 9.35. The van der Waals surface area contributed by atoms with Crippen molar-refractivity contribution in [2.24, 2.45) is 5.73 Å².